The fraction of sp³-hybridized carbons (Fsp3) is 0.867. The van der Waals surface area contributed by atoms with E-state index in [4.69, 9.17) is 14.0 Å². The fourth-order valence-electron chi connectivity index (χ4n) is 4.51. The molecule has 4 rings (SSSR count). The molecule has 1 saturated heterocycles. The maximum atomic E-state index is 6.15. The van der Waals surface area contributed by atoms with Gasteiger partial charge in [-0.3, -0.25) is 0 Å². The lowest BCUT2D eigenvalue weighted by Crippen LogP contribution is -2.66. The van der Waals surface area contributed by atoms with E-state index < -0.39 is 7.32 Å². The molecule has 106 valence electrons. The summed E-state index contributed by atoms with van der Waals surface area (Å²) in [5, 5.41) is 0. The first-order valence-corrected chi connectivity index (χ1v) is 7.40. The van der Waals surface area contributed by atoms with Gasteiger partial charge < -0.3 is 14.0 Å². The average molecular weight is 264 g/mol. The highest BCUT2D eigenvalue weighted by Crippen LogP contribution is 2.68. The summed E-state index contributed by atoms with van der Waals surface area (Å²) in [7, 11) is -0.500. The van der Waals surface area contributed by atoms with Gasteiger partial charge in [0.2, 0.25) is 0 Å². The molecule has 0 amide bonds. The Morgan fingerprint density at radius 1 is 1.42 bits per heavy atom. The van der Waals surface area contributed by atoms with Crippen molar-refractivity contribution in [3.05, 3.63) is 12.2 Å². The van der Waals surface area contributed by atoms with Crippen LogP contribution in [-0.2, 0) is 14.0 Å². The summed E-state index contributed by atoms with van der Waals surface area (Å²) in [5.41, 5.74) is 1.35. The molecule has 3 nitrogen and oxygen atoms in total. The van der Waals surface area contributed by atoms with E-state index in [1.165, 1.54) is 5.57 Å². The summed E-state index contributed by atoms with van der Waals surface area (Å²) in [6, 6.07) is 0. The van der Waals surface area contributed by atoms with Gasteiger partial charge in [0.15, 0.2) is 0 Å². The predicted molar refractivity (Wildman–Crippen MR) is 75.4 cm³/mol. The first kappa shape index (κ1) is 13.7. The molecule has 0 unspecified atom stereocenters. The van der Waals surface area contributed by atoms with Crippen molar-refractivity contribution in [2.45, 2.75) is 52.7 Å². The second-order valence-corrected chi connectivity index (χ2v) is 7.56. The Hall–Kier alpha value is -0.315. The van der Waals surface area contributed by atoms with Crippen molar-refractivity contribution < 1.29 is 14.0 Å². The summed E-state index contributed by atoms with van der Waals surface area (Å²) in [6.45, 7) is 16.0. The summed E-state index contributed by atoms with van der Waals surface area (Å²) >= 11 is 0. The number of hydrogen-bond acceptors (Lipinski definition) is 3. The molecule has 1 aliphatic heterocycles. The van der Waals surface area contributed by atoms with Crippen LogP contribution in [0.3, 0.4) is 0 Å². The lowest BCUT2D eigenvalue weighted by atomic mass is 9.41. The summed E-state index contributed by atoms with van der Waals surface area (Å²) in [5.74, 6) is 1.45. The molecule has 3 aliphatic carbocycles. The largest absolute Gasteiger partial charge is 0.640 e. The van der Waals surface area contributed by atoms with Gasteiger partial charge in [0, 0.05) is 12.5 Å². The third kappa shape index (κ3) is 1.76. The molecule has 2 bridgehead atoms. The van der Waals surface area contributed by atoms with Crippen LogP contribution >= 0.6 is 0 Å². The van der Waals surface area contributed by atoms with Crippen LogP contribution in [-0.4, -0.2) is 25.6 Å². The molecule has 0 N–H and O–H groups in total. The third-order valence-electron chi connectivity index (χ3n) is 5.31. The van der Waals surface area contributed by atoms with E-state index in [0.717, 1.165) is 6.42 Å². The van der Waals surface area contributed by atoms with Gasteiger partial charge in [0.25, 0.3) is 0 Å². The van der Waals surface area contributed by atoms with E-state index in [-0.39, 0.29) is 17.1 Å². The molecule has 4 aliphatic rings. The molecule has 0 aromatic heterocycles. The van der Waals surface area contributed by atoms with Gasteiger partial charge in [-0.2, -0.15) is 0 Å². The maximum absolute atomic E-state index is 6.15. The zero-order chi connectivity index (χ0) is 14.0. The average Bonchev–Trinajstić information content (AvgIpc) is 2.62. The van der Waals surface area contributed by atoms with Crippen LogP contribution in [0.25, 0.3) is 0 Å². The Bertz CT molecular complexity index is 406. The monoisotopic (exact) mass is 264 g/mol. The van der Waals surface area contributed by atoms with Gasteiger partial charge in [-0.1, -0.05) is 39.8 Å². The highest BCUT2D eigenvalue weighted by Gasteiger charge is 2.70. The summed E-state index contributed by atoms with van der Waals surface area (Å²) < 4.78 is 17.8. The minimum absolute atomic E-state index is 0.151. The lowest BCUT2D eigenvalue weighted by molar-refractivity contribution is -0.152. The molecule has 0 aromatic rings. The Morgan fingerprint density at radius 3 is 2.68 bits per heavy atom. The molecular formula is C15H25BO3. The van der Waals surface area contributed by atoms with Crippen molar-refractivity contribution >= 4 is 7.32 Å². The normalized spacial score (nSPS) is 43.4. The van der Waals surface area contributed by atoms with E-state index >= 15 is 0 Å². The topological polar surface area (TPSA) is 27.7 Å². The second-order valence-electron chi connectivity index (χ2n) is 7.56. The molecule has 4 fully saturated rings. The van der Waals surface area contributed by atoms with E-state index in [2.05, 4.69) is 41.2 Å². The quantitative estimate of drug-likeness (QED) is 0.579. The molecule has 0 radical (unpaired) electrons. The van der Waals surface area contributed by atoms with E-state index in [0.29, 0.717) is 24.4 Å². The third-order valence-corrected chi connectivity index (χ3v) is 5.31. The van der Waals surface area contributed by atoms with Crippen LogP contribution in [0, 0.1) is 23.2 Å². The first-order chi connectivity index (χ1) is 8.76. The van der Waals surface area contributed by atoms with Crippen LogP contribution in [0.1, 0.15) is 41.0 Å². The lowest BCUT2D eigenvalue weighted by Gasteiger charge is -2.65. The van der Waals surface area contributed by atoms with Gasteiger partial charge in [-0.05, 0) is 30.6 Å². The summed E-state index contributed by atoms with van der Waals surface area (Å²) in [6.07, 6.45) is 1.17. The summed E-state index contributed by atoms with van der Waals surface area (Å²) in [4.78, 5) is 0. The Morgan fingerprint density at radius 2 is 2.11 bits per heavy atom. The Kier molecular flexibility index (Phi) is 2.94. The van der Waals surface area contributed by atoms with Crippen molar-refractivity contribution in [2.24, 2.45) is 23.2 Å². The minimum atomic E-state index is -0.500. The van der Waals surface area contributed by atoms with Crippen molar-refractivity contribution in [3.63, 3.8) is 0 Å². The fourth-order valence-corrected chi connectivity index (χ4v) is 4.51. The van der Waals surface area contributed by atoms with Gasteiger partial charge in [-0.25, -0.2) is 0 Å². The molecule has 0 spiro atoms. The Labute approximate surface area is 116 Å². The standard InChI is InChI=1S/C15H25BO3/c1-9(2)8-17-16-18-12-7-11-10(3)13(14(11,4)5)15(12,6)19-16/h9,11-13H,3,7-8H2,1-2,4-6H3/t11-,12-,13+,15-/m1/s1. The molecule has 4 atom stereocenters. The van der Waals surface area contributed by atoms with Crippen LogP contribution in [0.4, 0.5) is 0 Å². The van der Waals surface area contributed by atoms with Crippen LogP contribution in [0.2, 0.25) is 0 Å². The van der Waals surface area contributed by atoms with Crippen LogP contribution in [0.15, 0.2) is 12.2 Å². The molecule has 19 heavy (non-hydrogen) atoms. The molecule has 4 heteroatoms. The van der Waals surface area contributed by atoms with E-state index in [1.54, 1.807) is 0 Å². The highest BCUT2D eigenvalue weighted by atomic mass is 16.8. The molecule has 0 aromatic carbocycles. The van der Waals surface area contributed by atoms with E-state index in [1.807, 2.05) is 0 Å². The van der Waals surface area contributed by atoms with Crippen LogP contribution in [0.5, 0.6) is 0 Å². The maximum Gasteiger partial charge on any atom is 0.640 e. The van der Waals surface area contributed by atoms with E-state index in [9.17, 15) is 0 Å². The van der Waals surface area contributed by atoms with Gasteiger partial charge in [-0.15, -0.1) is 0 Å². The number of hydrogen-bond donors (Lipinski definition) is 0. The molecule has 1 heterocycles. The van der Waals surface area contributed by atoms with Gasteiger partial charge in [0.1, 0.15) is 0 Å². The van der Waals surface area contributed by atoms with Gasteiger partial charge in [0.05, 0.1) is 11.7 Å². The highest BCUT2D eigenvalue weighted by molar-refractivity contribution is 6.37. The van der Waals surface area contributed by atoms with Crippen molar-refractivity contribution in [3.8, 4) is 0 Å². The van der Waals surface area contributed by atoms with Crippen molar-refractivity contribution in [1.29, 1.82) is 0 Å². The Balaban J connectivity index is 1.75. The first-order valence-electron chi connectivity index (χ1n) is 7.40. The zero-order valence-corrected chi connectivity index (χ0v) is 12.7. The minimum Gasteiger partial charge on any atom is -0.386 e. The van der Waals surface area contributed by atoms with Crippen LogP contribution < -0.4 is 0 Å². The molecular weight excluding hydrogens is 239 g/mol. The SMILES string of the molecule is C=C1[C@H]2C[C@H]3OB(OCC(C)C)O[C@@]3(C)[C@@H]1C2(C)C. The molecule has 3 saturated carbocycles. The second kappa shape index (κ2) is 4.09. The van der Waals surface area contributed by atoms with Crippen molar-refractivity contribution in [1.82, 2.24) is 0 Å². The predicted octanol–water partition coefficient (Wildman–Crippen LogP) is 3.05. The smallest absolute Gasteiger partial charge is 0.386 e. The zero-order valence-electron chi connectivity index (χ0n) is 12.7. The van der Waals surface area contributed by atoms with Gasteiger partial charge >= 0.3 is 7.32 Å². The van der Waals surface area contributed by atoms with Crippen molar-refractivity contribution in [2.75, 3.05) is 6.61 Å². The number of rotatable bonds is 3.